The highest BCUT2D eigenvalue weighted by molar-refractivity contribution is 5.81. The molecule has 1 amide bonds. The molecule has 1 unspecified atom stereocenters. The second-order valence-corrected chi connectivity index (χ2v) is 4.68. The van der Waals surface area contributed by atoms with Crippen molar-refractivity contribution in [2.24, 2.45) is 11.7 Å². The predicted molar refractivity (Wildman–Crippen MR) is 67.2 cm³/mol. The predicted octanol–water partition coefficient (Wildman–Crippen LogP) is 1.35. The summed E-state index contributed by atoms with van der Waals surface area (Å²) in [6.07, 6.45) is 4.91. The molecule has 0 spiro atoms. The van der Waals surface area contributed by atoms with E-state index >= 15 is 0 Å². The molecule has 0 saturated heterocycles. The number of aromatic amines is 1. The molecular formula is C12H22N4O. The molecule has 0 aliphatic rings. The Labute approximate surface area is 102 Å². The van der Waals surface area contributed by atoms with E-state index in [1.54, 1.807) is 12.4 Å². The summed E-state index contributed by atoms with van der Waals surface area (Å²) in [5.41, 5.74) is 5.83. The molecule has 17 heavy (non-hydrogen) atoms. The molecule has 0 saturated carbocycles. The van der Waals surface area contributed by atoms with Crippen molar-refractivity contribution < 1.29 is 4.79 Å². The molecule has 0 aromatic carbocycles. The van der Waals surface area contributed by atoms with Gasteiger partial charge >= 0.3 is 0 Å². The number of carbonyl (C=O) groups is 1. The molecule has 5 heteroatoms. The summed E-state index contributed by atoms with van der Waals surface area (Å²) in [5.74, 6) is 1.08. The zero-order valence-electron chi connectivity index (χ0n) is 10.7. The van der Waals surface area contributed by atoms with Crippen molar-refractivity contribution in [1.29, 1.82) is 0 Å². The van der Waals surface area contributed by atoms with Gasteiger partial charge in [-0.05, 0) is 18.8 Å². The van der Waals surface area contributed by atoms with Crippen molar-refractivity contribution in [1.82, 2.24) is 15.3 Å². The highest BCUT2D eigenvalue weighted by atomic mass is 16.2. The van der Waals surface area contributed by atoms with Gasteiger partial charge in [-0.3, -0.25) is 4.79 Å². The van der Waals surface area contributed by atoms with Crippen LogP contribution in [-0.2, 0) is 4.79 Å². The maximum absolute atomic E-state index is 11.9. The Morgan fingerprint density at radius 1 is 1.59 bits per heavy atom. The SMILES string of the molecule is CCC(NC(=O)[C@@H](N)CC(C)C)c1ncc[nH]1. The van der Waals surface area contributed by atoms with Crippen molar-refractivity contribution in [3.8, 4) is 0 Å². The van der Waals surface area contributed by atoms with Gasteiger partial charge in [-0.2, -0.15) is 0 Å². The lowest BCUT2D eigenvalue weighted by Crippen LogP contribution is -2.43. The van der Waals surface area contributed by atoms with E-state index in [0.29, 0.717) is 12.3 Å². The van der Waals surface area contributed by atoms with Crippen molar-refractivity contribution >= 4 is 5.91 Å². The molecule has 5 nitrogen and oxygen atoms in total. The highest BCUT2D eigenvalue weighted by Gasteiger charge is 2.20. The third kappa shape index (κ3) is 4.19. The molecule has 1 aromatic rings. The molecule has 2 atom stereocenters. The molecule has 0 radical (unpaired) electrons. The maximum atomic E-state index is 11.9. The van der Waals surface area contributed by atoms with Gasteiger partial charge in [0.2, 0.25) is 5.91 Å². The molecule has 1 aromatic heterocycles. The van der Waals surface area contributed by atoms with Gasteiger partial charge in [0.25, 0.3) is 0 Å². The van der Waals surface area contributed by atoms with E-state index in [4.69, 9.17) is 5.73 Å². The molecule has 1 rings (SSSR count). The van der Waals surface area contributed by atoms with Gasteiger partial charge in [-0.15, -0.1) is 0 Å². The number of nitrogens with one attached hydrogen (secondary N) is 2. The molecule has 0 aliphatic heterocycles. The second kappa shape index (κ2) is 6.39. The van der Waals surface area contributed by atoms with Crippen LogP contribution in [0.5, 0.6) is 0 Å². The summed E-state index contributed by atoms with van der Waals surface area (Å²) in [6, 6.07) is -0.533. The van der Waals surface area contributed by atoms with Crippen LogP contribution in [0.4, 0.5) is 0 Å². The third-order valence-corrected chi connectivity index (χ3v) is 2.64. The molecule has 1 heterocycles. The van der Waals surface area contributed by atoms with Crippen LogP contribution in [0.2, 0.25) is 0 Å². The van der Waals surface area contributed by atoms with Crippen molar-refractivity contribution in [3.05, 3.63) is 18.2 Å². The van der Waals surface area contributed by atoms with Gasteiger partial charge in [0, 0.05) is 12.4 Å². The van der Waals surface area contributed by atoms with Crippen LogP contribution in [0, 0.1) is 5.92 Å². The average molecular weight is 238 g/mol. The first kappa shape index (κ1) is 13.7. The molecule has 0 bridgehead atoms. The summed E-state index contributed by atoms with van der Waals surface area (Å²) in [4.78, 5) is 19.0. The second-order valence-electron chi connectivity index (χ2n) is 4.68. The molecule has 96 valence electrons. The van der Waals surface area contributed by atoms with E-state index in [0.717, 1.165) is 12.2 Å². The molecular weight excluding hydrogens is 216 g/mol. The first-order valence-corrected chi connectivity index (χ1v) is 6.09. The summed E-state index contributed by atoms with van der Waals surface area (Å²) in [6.45, 7) is 6.11. The first-order chi connectivity index (χ1) is 8.04. The monoisotopic (exact) mass is 238 g/mol. The lowest BCUT2D eigenvalue weighted by Gasteiger charge is -2.19. The summed E-state index contributed by atoms with van der Waals surface area (Å²) < 4.78 is 0. The number of carbonyl (C=O) groups excluding carboxylic acids is 1. The van der Waals surface area contributed by atoms with Gasteiger partial charge in [0.1, 0.15) is 5.82 Å². The Balaban J connectivity index is 2.54. The molecule has 4 N–H and O–H groups in total. The number of nitrogens with two attached hydrogens (primary N) is 1. The van der Waals surface area contributed by atoms with Crippen LogP contribution in [-0.4, -0.2) is 21.9 Å². The van der Waals surface area contributed by atoms with Crippen LogP contribution >= 0.6 is 0 Å². The number of nitrogens with zero attached hydrogens (tertiary/aromatic N) is 1. The lowest BCUT2D eigenvalue weighted by atomic mass is 10.0. The Bertz CT molecular complexity index is 334. The molecule has 0 fully saturated rings. The van der Waals surface area contributed by atoms with Crippen LogP contribution in [0.1, 0.15) is 45.5 Å². The number of imidazole rings is 1. The minimum Gasteiger partial charge on any atom is -0.347 e. The van der Waals surface area contributed by atoms with Crippen LogP contribution in [0.25, 0.3) is 0 Å². The largest absolute Gasteiger partial charge is 0.347 e. The fourth-order valence-electron chi connectivity index (χ4n) is 1.73. The highest BCUT2D eigenvalue weighted by Crippen LogP contribution is 2.12. The number of aromatic nitrogens is 2. The zero-order valence-corrected chi connectivity index (χ0v) is 10.7. The van der Waals surface area contributed by atoms with E-state index in [-0.39, 0.29) is 11.9 Å². The van der Waals surface area contributed by atoms with Gasteiger partial charge in [0.05, 0.1) is 12.1 Å². The van der Waals surface area contributed by atoms with Gasteiger partial charge in [0.15, 0.2) is 0 Å². The minimum absolute atomic E-state index is 0.0873. The van der Waals surface area contributed by atoms with Gasteiger partial charge < -0.3 is 16.0 Å². The Morgan fingerprint density at radius 3 is 2.76 bits per heavy atom. The summed E-state index contributed by atoms with van der Waals surface area (Å²) in [7, 11) is 0. The van der Waals surface area contributed by atoms with Crippen LogP contribution in [0.3, 0.4) is 0 Å². The average Bonchev–Trinajstić information content (AvgIpc) is 2.77. The van der Waals surface area contributed by atoms with Crippen molar-refractivity contribution in [2.45, 2.75) is 45.7 Å². The molecule has 0 aliphatic carbocycles. The van der Waals surface area contributed by atoms with Crippen molar-refractivity contribution in [2.75, 3.05) is 0 Å². The van der Waals surface area contributed by atoms with Crippen molar-refractivity contribution in [3.63, 3.8) is 0 Å². The number of hydrogen-bond acceptors (Lipinski definition) is 3. The number of amides is 1. The van der Waals surface area contributed by atoms with Crippen LogP contribution < -0.4 is 11.1 Å². The van der Waals surface area contributed by atoms with E-state index in [9.17, 15) is 4.79 Å². The Hall–Kier alpha value is -1.36. The van der Waals surface area contributed by atoms with E-state index < -0.39 is 6.04 Å². The third-order valence-electron chi connectivity index (χ3n) is 2.64. The first-order valence-electron chi connectivity index (χ1n) is 6.09. The van der Waals surface area contributed by atoms with Gasteiger partial charge in [-0.1, -0.05) is 20.8 Å². The maximum Gasteiger partial charge on any atom is 0.237 e. The topological polar surface area (TPSA) is 83.8 Å². The zero-order chi connectivity index (χ0) is 12.8. The summed E-state index contributed by atoms with van der Waals surface area (Å²) in [5, 5.41) is 2.92. The van der Waals surface area contributed by atoms with E-state index in [2.05, 4.69) is 29.1 Å². The van der Waals surface area contributed by atoms with E-state index in [1.165, 1.54) is 0 Å². The Kier molecular flexibility index (Phi) is 5.15. The smallest absolute Gasteiger partial charge is 0.237 e. The van der Waals surface area contributed by atoms with Gasteiger partial charge in [-0.25, -0.2) is 4.98 Å². The fourth-order valence-corrected chi connectivity index (χ4v) is 1.73. The Morgan fingerprint density at radius 2 is 2.29 bits per heavy atom. The minimum atomic E-state index is -0.445. The standard InChI is InChI=1S/C12H22N4O/c1-4-10(11-14-5-6-15-11)16-12(17)9(13)7-8(2)3/h5-6,8-10H,4,7,13H2,1-3H3,(H,14,15)(H,16,17)/t9-,10?/m0/s1. The lowest BCUT2D eigenvalue weighted by molar-refractivity contribution is -0.123. The fraction of sp³-hybridized carbons (Fsp3) is 0.667. The quantitative estimate of drug-likeness (QED) is 0.699. The number of rotatable bonds is 6. The number of H-pyrrole nitrogens is 1. The summed E-state index contributed by atoms with van der Waals surface area (Å²) >= 11 is 0. The van der Waals surface area contributed by atoms with Crippen LogP contribution in [0.15, 0.2) is 12.4 Å². The number of hydrogen-bond donors (Lipinski definition) is 3. The van der Waals surface area contributed by atoms with E-state index in [1.807, 2.05) is 6.92 Å². The normalized spacial score (nSPS) is 14.6.